The fraction of sp³-hybridized carbons (Fsp3) is 0.667. The predicted octanol–water partition coefficient (Wildman–Crippen LogP) is -1.73. The molecular weight excluding hydrogens is 264 g/mol. The number of amides is 4. The Bertz CT molecular complexity index is 357. The molecule has 0 saturated heterocycles. The maximum absolute atomic E-state index is 11.3. The molecule has 0 aliphatic rings. The lowest BCUT2D eigenvalue weighted by atomic mass is 10.3. The van der Waals surface area contributed by atoms with Crippen molar-refractivity contribution in [2.45, 2.75) is 26.2 Å². The van der Waals surface area contributed by atoms with Gasteiger partial charge in [0.05, 0.1) is 0 Å². The number of rotatable bonds is 9. The van der Waals surface area contributed by atoms with Crippen molar-refractivity contribution < 1.29 is 19.2 Å². The smallest absolute Gasteiger partial charge is 0.221 e. The Morgan fingerprint density at radius 2 is 1.10 bits per heavy atom. The van der Waals surface area contributed by atoms with Crippen LogP contribution in [0.1, 0.15) is 26.2 Å². The molecule has 8 nitrogen and oxygen atoms in total. The molecule has 0 aliphatic carbocycles. The Kier molecular flexibility index (Phi) is 9.63. The summed E-state index contributed by atoms with van der Waals surface area (Å²) in [6.07, 6.45) is 0.558. The molecule has 0 aromatic carbocycles. The SMILES string of the molecule is CNC(=O)CCNC(=O)CCNC(=O)CCNC(C)=O. The summed E-state index contributed by atoms with van der Waals surface area (Å²) in [6, 6.07) is 0. The van der Waals surface area contributed by atoms with Gasteiger partial charge in [0.25, 0.3) is 0 Å². The first-order chi connectivity index (χ1) is 9.45. The van der Waals surface area contributed by atoms with Crippen LogP contribution in [-0.2, 0) is 19.2 Å². The molecule has 114 valence electrons. The Hall–Kier alpha value is -2.12. The van der Waals surface area contributed by atoms with E-state index < -0.39 is 0 Å². The summed E-state index contributed by atoms with van der Waals surface area (Å²) in [5, 5.41) is 10.1. The van der Waals surface area contributed by atoms with Gasteiger partial charge in [-0.1, -0.05) is 0 Å². The van der Waals surface area contributed by atoms with E-state index in [1.165, 1.54) is 14.0 Å². The Morgan fingerprint density at radius 3 is 1.50 bits per heavy atom. The van der Waals surface area contributed by atoms with E-state index in [2.05, 4.69) is 21.3 Å². The van der Waals surface area contributed by atoms with Crippen molar-refractivity contribution in [2.24, 2.45) is 0 Å². The molecule has 0 spiro atoms. The fourth-order valence-electron chi connectivity index (χ4n) is 1.28. The standard InChI is InChI=1S/C12H22N4O4/c1-9(17)14-6-4-11(19)16-8-5-12(20)15-7-3-10(18)13-2/h3-8H2,1-2H3,(H,13,18)(H,14,17)(H,15,20)(H,16,19). The van der Waals surface area contributed by atoms with E-state index >= 15 is 0 Å². The zero-order valence-corrected chi connectivity index (χ0v) is 11.9. The minimum atomic E-state index is -0.226. The second-order valence-corrected chi connectivity index (χ2v) is 4.11. The summed E-state index contributed by atoms with van der Waals surface area (Å²) in [5.74, 6) is -0.780. The lowest BCUT2D eigenvalue weighted by molar-refractivity contribution is -0.122. The number of carbonyl (C=O) groups excluding carboxylic acids is 4. The van der Waals surface area contributed by atoms with Gasteiger partial charge in [0.15, 0.2) is 0 Å². The lowest BCUT2D eigenvalue weighted by Gasteiger charge is -2.06. The van der Waals surface area contributed by atoms with Crippen molar-refractivity contribution in [3.8, 4) is 0 Å². The van der Waals surface area contributed by atoms with Crippen LogP contribution < -0.4 is 21.3 Å². The van der Waals surface area contributed by atoms with Crippen molar-refractivity contribution in [3.63, 3.8) is 0 Å². The number of hydrogen-bond acceptors (Lipinski definition) is 4. The molecule has 0 atom stereocenters. The van der Waals surface area contributed by atoms with Crippen LogP contribution in [0.15, 0.2) is 0 Å². The topological polar surface area (TPSA) is 116 Å². The van der Waals surface area contributed by atoms with Crippen LogP contribution in [-0.4, -0.2) is 50.3 Å². The monoisotopic (exact) mass is 286 g/mol. The molecule has 0 heterocycles. The highest BCUT2D eigenvalue weighted by Crippen LogP contribution is 1.83. The van der Waals surface area contributed by atoms with Crippen LogP contribution in [0.3, 0.4) is 0 Å². The van der Waals surface area contributed by atoms with E-state index in [9.17, 15) is 19.2 Å². The maximum atomic E-state index is 11.3. The normalized spacial score (nSPS) is 9.50. The number of carbonyl (C=O) groups is 4. The van der Waals surface area contributed by atoms with Gasteiger partial charge >= 0.3 is 0 Å². The molecule has 0 saturated carbocycles. The molecule has 8 heteroatoms. The van der Waals surface area contributed by atoms with Crippen LogP contribution in [0.5, 0.6) is 0 Å². The van der Waals surface area contributed by atoms with E-state index in [0.29, 0.717) is 0 Å². The van der Waals surface area contributed by atoms with Gasteiger partial charge in [-0.25, -0.2) is 0 Å². The van der Waals surface area contributed by atoms with Crippen molar-refractivity contribution >= 4 is 23.6 Å². The quantitative estimate of drug-likeness (QED) is 0.403. The first kappa shape index (κ1) is 17.9. The van der Waals surface area contributed by atoms with Crippen LogP contribution in [0.25, 0.3) is 0 Å². The molecular formula is C12H22N4O4. The number of hydrogen-bond donors (Lipinski definition) is 4. The minimum absolute atomic E-state index is 0.142. The highest BCUT2D eigenvalue weighted by molar-refractivity contribution is 5.80. The second kappa shape index (κ2) is 10.8. The third-order valence-electron chi connectivity index (χ3n) is 2.35. The zero-order chi connectivity index (χ0) is 15.4. The van der Waals surface area contributed by atoms with Gasteiger partial charge in [-0.2, -0.15) is 0 Å². The van der Waals surface area contributed by atoms with E-state index in [-0.39, 0.29) is 62.5 Å². The van der Waals surface area contributed by atoms with Crippen LogP contribution >= 0.6 is 0 Å². The van der Waals surface area contributed by atoms with Gasteiger partial charge in [0.1, 0.15) is 0 Å². The van der Waals surface area contributed by atoms with E-state index in [1.54, 1.807) is 0 Å². The molecule has 20 heavy (non-hydrogen) atoms. The van der Waals surface area contributed by atoms with Gasteiger partial charge < -0.3 is 21.3 Å². The van der Waals surface area contributed by atoms with Crippen molar-refractivity contribution in [1.82, 2.24) is 21.3 Å². The third-order valence-corrected chi connectivity index (χ3v) is 2.35. The summed E-state index contributed by atoms with van der Waals surface area (Å²) in [5.41, 5.74) is 0. The van der Waals surface area contributed by atoms with E-state index in [4.69, 9.17) is 0 Å². The average Bonchev–Trinajstić information content (AvgIpc) is 2.38. The summed E-state index contributed by atoms with van der Waals surface area (Å²) in [4.78, 5) is 44.1. The molecule has 0 aromatic rings. The van der Waals surface area contributed by atoms with Crippen molar-refractivity contribution in [2.75, 3.05) is 26.7 Å². The van der Waals surface area contributed by atoms with Gasteiger partial charge in [-0.15, -0.1) is 0 Å². The molecule has 0 fully saturated rings. The molecule has 0 radical (unpaired) electrons. The summed E-state index contributed by atoms with van der Waals surface area (Å²) in [6.45, 7) is 2.15. The van der Waals surface area contributed by atoms with Crippen LogP contribution in [0.4, 0.5) is 0 Å². The Labute approximate surface area is 118 Å². The second-order valence-electron chi connectivity index (χ2n) is 4.11. The molecule has 0 aliphatic heterocycles. The van der Waals surface area contributed by atoms with Gasteiger partial charge in [0.2, 0.25) is 23.6 Å². The predicted molar refractivity (Wildman–Crippen MR) is 72.6 cm³/mol. The fourth-order valence-corrected chi connectivity index (χ4v) is 1.28. The first-order valence-corrected chi connectivity index (χ1v) is 6.44. The minimum Gasteiger partial charge on any atom is -0.359 e. The van der Waals surface area contributed by atoms with E-state index in [1.807, 2.05) is 0 Å². The molecule has 0 aromatic heterocycles. The molecule has 0 rings (SSSR count). The lowest BCUT2D eigenvalue weighted by Crippen LogP contribution is -2.34. The van der Waals surface area contributed by atoms with Gasteiger partial charge in [0, 0.05) is 52.9 Å². The van der Waals surface area contributed by atoms with Gasteiger partial charge in [-0.3, -0.25) is 19.2 Å². The highest BCUT2D eigenvalue weighted by Gasteiger charge is 2.05. The van der Waals surface area contributed by atoms with Crippen LogP contribution in [0.2, 0.25) is 0 Å². The average molecular weight is 286 g/mol. The third kappa shape index (κ3) is 11.0. The molecule has 4 amide bonds. The summed E-state index contributed by atoms with van der Waals surface area (Å²) in [7, 11) is 1.53. The molecule has 0 bridgehead atoms. The summed E-state index contributed by atoms with van der Waals surface area (Å²) < 4.78 is 0. The number of nitrogens with one attached hydrogen (secondary N) is 4. The van der Waals surface area contributed by atoms with Gasteiger partial charge in [-0.05, 0) is 0 Å². The van der Waals surface area contributed by atoms with E-state index in [0.717, 1.165) is 0 Å². The largest absolute Gasteiger partial charge is 0.359 e. The Balaban J connectivity index is 3.53. The summed E-state index contributed by atoms with van der Waals surface area (Å²) >= 11 is 0. The van der Waals surface area contributed by atoms with Crippen molar-refractivity contribution in [3.05, 3.63) is 0 Å². The van der Waals surface area contributed by atoms with Crippen molar-refractivity contribution in [1.29, 1.82) is 0 Å². The first-order valence-electron chi connectivity index (χ1n) is 6.44. The molecule has 0 unspecified atom stereocenters. The maximum Gasteiger partial charge on any atom is 0.221 e. The Morgan fingerprint density at radius 1 is 0.700 bits per heavy atom. The van der Waals surface area contributed by atoms with Crippen LogP contribution in [0, 0.1) is 0 Å². The molecule has 4 N–H and O–H groups in total. The zero-order valence-electron chi connectivity index (χ0n) is 11.9. The highest BCUT2D eigenvalue weighted by atomic mass is 16.2.